The Balaban J connectivity index is 1.47. The van der Waals surface area contributed by atoms with E-state index in [0.717, 1.165) is 11.4 Å². The lowest BCUT2D eigenvalue weighted by molar-refractivity contribution is 1.30. The van der Waals surface area contributed by atoms with Crippen LogP contribution in [0.25, 0.3) is 53.9 Å². The van der Waals surface area contributed by atoms with Crippen molar-refractivity contribution in [3.63, 3.8) is 0 Å². The topological polar surface area (TPSA) is 3.24 Å². The molecule has 0 N–H and O–H groups in total. The van der Waals surface area contributed by atoms with Crippen LogP contribution in [-0.4, -0.2) is 0 Å². The van der Waals surface area contributed by atoms with Gasteiger partial charge in [-0.3, -0.25) is 0 Å². The third-order valence-corrected chi connectivity index (χ3v) is 8.00. The van der Waals surface area contributed by atoms with Crippen molar-refractivity contribution in [1.29, 1.82) is 0 Å². The summed E-state index contributed by atoms with van der Waals surface area (Å²) in [5.74, 6) is 0. The number of benzene rings is 8. The molecule has 178 valence electrons. The number of para-hydroxylation sites is 1. The molecule has 0 saturated heterocycles. The summed E-state index contributed by atoms with van der Waals surface area (Å²) >= 11 is 0. The van der Waals surface area contributed by atoms with Crippen molar-refractivity contribution in [3.8, 4) is 0 Å². The molecule has 0 amide bonds. The summed E-state index contributed by atoms with van der Waals surface area (Å²) in [4.78, 5) is 2.41. The molecule has 0 aliphatic rings. The Kier molecular flexibility index (Phi) is 4.50. The zero-order valence-electron chi connectivity index (χ0n) is 21.1. The molecular weight excluding hydrogens is 458 g/mol. The van der Waals surface area contributed by atoms with Crippen LogP contribution in [0.3, 0.4) is 0 Å². The van der Waals surface area contributed by atoms with Gasteiger partial charge in [0.25, 0.3) is 0 Å². The molecule has 0 heterocycles. The predicted molar refractivity (Wildman–Crippen MR) is 165 cm³/mol. The Morgan fingerprint density at radius 1 is 0.395 bits per heavy atom. The average Bonchev–Trinajstić information content (AvgIpc) is 2.97. The second-order valence-electron chi connectivity index (χ2n) is 10.3. The number of aryl methyl sites for hydroxylation is 1. The summed E-state index contributed by atoms with van der Waals surface area (Å²) in [6, 6.07) is 49.0. The molecule has 0 aromatic heterocycles. The Bertz CT molecular complexity index is 2090. The molecule has 8 aromatic rings. The molecule has 0 spiro atoms. The number of hydrogen-bond acceptors (Lipinski definition) is 1. The average molecular weight is 484 g/mol. The third-order valence-electron chi connectivity index (χ3n) is 8.00. The fraction of sp³-hybridized carbons (Fsp3) is 0.0270. The standard InChI is InChI=1S/C37H25N/c1-24-16-17-27-23-29(19-18-26(27)22-24)38(28-10-3-2-4-11-28)35-21-20-33-31-13-6-9-25-8-5-12-30(36(25)31)32-14-7-15-34(35)37(32)33/h2-23H,1H3. The molecule has 8 aromatic carbocycles. The van der Waals surface area contributed by atoms with E-state index in [0.29, 0.717) is 0 Å². The fourth-order valence-corrected chi connectivity index (χ4v) is 6.32. The van der Waals surface area contributed by atoms with Crippen LogP contribution in [-0.2, 0) is 0 Å². The zero-order valence-corrected chi connectivity index (χ0v) is 21.1. The largest absolute Gasteiger partial charge is 0.310 e. The molecule has 0 aliphatic heterocycles. The first kappa shape index (κ1) is 21.2. The van der Waals surface area contributed by atoms with Crippen molar-refractivity contribution in [3.05, 3.63) is 139 Å². The van der Waals surface area contributed by atoms with Crippen LogP contribution >= 0.6 is 0 Å². The molecule has 0 saturated carbocycles. The van der Waals surface area contributed by atoms with Gasteiger partial charge in [0.1, 0.15) is 0 Å². The van der Waals surface area contributed by atoms with E-state index in [4.69, 9.17) is 0 Å². The first-order valence-electron chi connectivity index (χ1n) is 13.2. The van der Waals surface area contributed by atoms with Crippen LogP contribution in [0, 0.1) is 6.92 Å². The van der Waals surface area contributed by atoms with Crippen LogP contribution in [0.1, 0.15) is 5.56 Å². The fourth-order valence-electron chi connectivity index (χ4n) is 6.32. The van der Waals surface area contributed by atoms with E-state index in [9.17, 15) is 0 Å². The molecule has 8 rings (SSSR count). The summed E-state index contributed by atoms with van der Waals surface area (Å²) in [5, 5.41) is 13.0. The van der Waals surface area contributed by atoms with Gasteiger partial charge in [0.2, 0.25) is 0 Å². The monoisotopic (exact) mass is 483 g/mol. The molecule has 0 bridgehead atoms. The van der Waals surface area contributed by atoms with Gasteiger partial charge < -0.3 is 4.90 Å². The SMILES string of the molecule is Cc1ccc2cc(N(c3ccccc3)c3ccc4c5cccc6cccc(c7cccc3c74)c65)ccc2c1. The maximum absolute atomic E-state index is 2.41. The minimum Gasteiger partial charge on any atom is -0.310 e. The van der Waals surface area contributed by atoms with Gasteiger partial charge in [-0.05, 0) is 85.7 Å². The van der Waals surface area contributed by atoms with Crippen molar-refractivity contribution in [2.45, 2.75) is 6.92 Å². The van der Waals surface area contributed by atoms with E-state index < -0.39 is 0 Å². The summed E-state index contributed by atoms with van der Waals surface area (Å²) < 4.78 is 0. The molecule has 1 nitrogen and oxygen atoms in total. The molecule has 0 radical (unpaired) electrons. The molecule has 0 fully saturated rings. The van der Waals surface area contributed by atoms with Crippen LogP contribution in [0.5, 0.6) is 0 Å². The highest BCUT2D eigenvalue weighted by atomic mass is 15.1. The van der Waals surface area contributed by atoms with E-state index in [1.807, 2.05) is 0 Å². The van der Waals surface area contributed by atoms with E-state index in [-0.39, 0.29) is 0 Å². The normalized spacial score (nSPS) is 11.8. The van der Waals surface area contributed by atoms with E-state index in [1.54, 1.807) is 0 Å². The maximum Gasteiger partial charge on any atom is 0.0540 e. The van der Waals surface area contributed by atoms with Gasteiger partial charge in [0, 0.05) is 16.8 Å². The van der Waals surface area contributed by atoms with Gasteiger partial charge in [-0.25, -0.2) is 0 Å². The van der Waals surface area contributed by atoms with Crippen LogP contribution < -0.4 is 4.90 Å². The predicted octanol–water partition coefficient (Wildman–Crippen LogP) is 10.7. The molecule has 0 aliphatic carbocycles. The minimum atomic E-state index is 1.15. The van der Waals surface area contributed by atoms with Crippen LogP contribution in [0.4, 0.5) is 17.1 Å². The van der Waals surface area contributed by atoms with Crippen molar-refractivity contribution in [2.24, 2.45) is 0 Å². The van der Waals surface area contributed by atoms with Crippen molar-refractivity contribution < 1.29 is 0 Å². The minimum absolute atomic E-state index is 1.15. The molecule has 38 heavy (non-hydrogen) atoms. The van der Waals surface area contributed by atoms with Crippen molar-refractivity contribution in [2.75, 3.05) is 4.90 Å². The first-order valence-corrected chi connectivity index (χ1v) is 13.2. The van der Waals surface area contributed by atoms with E-state index in [2.05, 4.69) is 145 Å². The van der Waals surface area contributed by atoms with Crippen LogP contribution in [0.15, 0.2) is 133 Å². The quantitative estimate of drug-likeness (QED) is 0.178. The lowest BCUT2D eigenvalue weighted by atomic mass is 9.89. The number of anilines is 3. The smallest absolute Gasteiger partial charge is 0.0540 e. The second-order valence-corrected chi connectivity index (χ2v) is 10.3. The highest BCUT2D eigenvalue weighted by Gasteiger charge is 2.19. The summed E-state index contributed by atoms with van der Waals surface area (Å²) in [7, 11) is 0. The Labute approximate surface area is 221 Å². The Hall–Kier alpha value is -4.88. The summed E-state index contributed by atoms with van der Waals surface area (Å²) in [5.41, 5.74) is 4.78. The Morgan fingerprint density at radius 3 is 1.82 bits per heavy atom. The van der Waals surface area contributed by atoms with Crippen molar-refractivity contribution >= 4 is 70.9 Å². The maximum atomic E-state index is 2.41. The highest BCUT2D eigenvalue weighted by Crippen LogP contribution is 2.46. The zero-order chi connectivity index (χ0) is 25.2. The van der Waals surface area contributed by atoms with Gasteiger partial charge in [-0.2, -0.15) is 0 Å². The van der Waals surface area contributed by atoms with Gasteiger partial charge in [-0.15, -0.1) is 0 Å². The Morgan fingerprint density at radius 2 is 1.03 bits per heavy atom. The highest BCUT2D eigenvalue weighted by molar-refractivity contribution is 6.34. The van der Waals surface area contributed by atoms with Gasteiger partial charge in [0.15, 0.2) is 0 Å². The first-order chi connectivity index (χ1) is 18.8. The van der Waals surface area contributed by atoms with Gasteiger partial charge in [-0.1, -0.05) is 109 Å². The van der Waals surface area contributed by atoms with Gasteiger partial charge >= 0.3 is 0 Å². The lowest BCUT2D eigenvalue weighted by Crippen LogP contribution is -2.10. The molecule has 1 heteroatoms. The van der Waals surface area contributed by atoms with Gasteiger partial charge in [0.05, 0.1) is 5.69 Å². The molecule has 0 atom stereocenters. The number of hydrogen-bond donors (Lipinski definition) is 0. The second kappa shape index (κ2) is 8.06. The van der Waals surface area contributed by atoms with Crippen LogP contribution in [0.2, 0.25) is 0 Å². The summed E-state index contributed by atoms with van der Waals surface area (Å²) in [6.45, 7) is 2.15. The number of rotatable bonds is 3. The molecular formula is C37H25N. The number of fused-ring (bicyclic) bond motifs is 3. The lowest BCUT2D eigenvalue weighted by Gasteiger charge is -2.28. The molecule has 0 unspecified atom stereocenters. The van der Waals surface area contributed by atoms with E-state index >= 15 is 0 Å². The summed E-state index contributed by atoms with van der Waals surface area (Å²) in [6.07, 6.45) is 0. The third kappa shape index (κ3) is 3.06. The van der Waals surface area contributed by atoms with E-state index in [1.165, 1.54) is 65.1 Å². The van der Waals surface area contributed by atoms with Crippen molar-refractivity contribution in [1.82, 2.24) is 0 Å². The number of nitrogens with zero attached hydrogens (tertiary/aromatic N) is 1.